The first-order valence-electron chi connectivity index (χ1n) is 13.5. The second kappa shape index (κ2) is 15.9. The predicted molar refractivity (Wildman–Crippen MR) is 147 cm³/mol. The quantitative estimate of drug-likeness (QED) is 0.272. The van der Waals surface area contributed by atoms with Crippen LogP contribution in [0.3, 0.4) is 0 Å². The van der Waals surface area contributed by atoms with Gasteiger partial charge in [-0.15, -0.1) is 0 Å². The van der Waals surface area contributed by atoms with Crippen LogP contribution in [0.1, 0.15) is 69.6 Å². The molecule has 0 fully saturated rings. The molecule has 0 aliphatic rings. The molecule has 0 saturated heterocycles. The fourth-order valence-electron chi connectivity index (χ4n) is 4.50. The van der Waals surface area contributed by atoms with Crippen molar-refractivity contribution in [1.29, 1.82) is 0 Å². The first-order valence-corrected chi connectivity index (χ1v) is 15.2. The Kier molecular flexibility index (Phi) is 13.3. The molecule has 212 valence electrons. The molecule has 0 unspecified atom stereocenters. The smallest absolute Gasteiger partial charge is 0.307 e. The molecule has 0 aliphatic heterocycles. The summed E-state index contributed by atoms with van der Waals surface area (Å²) < 4.78 is 58.6. The number of benzene rings is 2. The first-order chi connectivity index (χ1) is 18.1. The number of hydrogen-bond donors (Lipinski definition) is 2. The summed E-state index contributed by atoms with van der Waals surface area (Å²) in [6.45, 7) is 6.65. The predicted octanol–water partition coefficient (Wildman–Crippen LogP) is 4.87. The van der Waals surface area contributed by atoms with Crippen LogP contribution in [-0.4, -0.2) is 44.1 Å². The molecule has 0 aliphatic carbocycles. The van der Waals surface area contributed by atoms with Gasteiger partial charge in [-0.1, -0.05) is 57.9 Å². The van der Waals surface area contributed by atoms with Crippen molar-refractivity contribution in [2.24, 2.45) is 5.73 Å². The number of sulfone groups is 1. The molecule has 0 bridgehead atoms. The van der Waals surface area contributed by atoms with Gasteiger partial charge in [0.25, 0.3) is 0 Å². The topological polar surface area (TPSA) is 98.5 Å². The number of ether oxygens (including phenoxy) is 1. The van der Waals surface area contributed by atoms with E-state index in [9.17, 15) is 22.0 Å². The minimum Gasteiger partial charge on any atom is -0.459 e. The molecule has 0 spiro atoms. The van der Waals surface area contributed by atoms with Crippen molar-refractivity contribution in [3.63, 3.8) is 0 Å². The van der Waals surface area contributed by atoms with Crippen LogP contribution in [0.2, 0.25) is 0 Å². The van der Waals surface area contributed by atoms with Gasteiger partial charge in [0.2, 0.25) is 0 Å². The number of carbonyl (C=O) groups is 1. The van der Waals surface area contributed by atoms with Gasteiger partial charge in [-0.05, 0) is 54.5 Å². The minimum absolute atomic E-state index is 0.0764. The van der Waals surface area contributed by atoms with E-state index >= 15 is 0 Å². The molecular weight excluding hydrogens is 510 g/mol. The Morgan fingerprint density at radius 3 is 2.21 bits per heavy atom. The number of halogens is 2. The van der Waals surface area contributed by atoms with E-state index in [0.29, 0.717) is 24.9 Å². The highest BCUT2D eigenvalue weighted by molar-refractivity contribution is 7.92. The highest BCUT2D eigenvalue weighted by atomic mass is 32.2. The van der Waals surface area contributed by atoms with E-state index in [2.05, 4.69) is 18.3 Å². The van der Waals surface area contributed by atoms with Crippen molar-refractivity contribution in [1.82, 2.24) is 5.32 Å². The third kappa shape index (κ3) is 10.8. The van der Waals surface area contributed by atoms with E-state index in [-0.39, 0.29) is 25.1 Å². The SMILES string of the molecule is CCCC(CCC)S(=O)(=O)CCC(=O)O[C@H](CNCc1cccc(CC)c1)[C@@H](N)Cc1cc(F)cc(F)c1. The second-order valence-corrected chi connectivity index (χ2v) is 12.2. The average Bonchev–Trinajstić information content (AvgIpc) is 2.86. The van der Waals surface area contributed by atoms with Crippen LogP contribution >= 0.6 is 0 Å². The summed E-state index contributed by atoms with van der Waals surface area (Å²) in [6.07, 6.45) is 2.50. The summed E-state index contributed by atoms with van der Waals surface area (Å²) in [5.74, 6) is -2.38. The zero-order chi connectivity index (χ0) is 28.1. The fraction of sp³-hybridized carbons (Fsp3) is 0.552. The van der Waals surface area contributed by atoms with Crippen LogP contribution in [0.5, 0.6) is 0 Å². The number of nitrogens with one attached hydrogen (secondary N) is 1. The molecule has 0 amide bonds. The summed E-state index contributed by atoms with van der Waals surface area (Å²) >= 11 is 0. The number of carbonyl (C=O) groups excluding carboxylic acids is 1. The molecule has 2 aromatic carbocycles. The largest absolute Gasteiger partial charge is 0.459 e. The van der Waals surface area contributed by atoms with Gasteiger partial charge in [0.1, 0.15) is 17.7 Å². The highest BCUT2D eigenvalue weighted by Crippen LogP contribution is 2.18. The summed E-state index contributed by atoms with van der Waals surface area (Å²) in [4.78, 5) is 12.7. The van der Waals surface area contributed by atoms with Crippen LogP contribution in [0, 0.1) is 11.6 Å². The van der Waals surface area contributed by atoms with Crippen LogP contribution < -0.4 is 11.1 Å². The van der Waals surface area contributed by atoms with Crippen molar-refractivity contribution in [2.45, 2.75) is 89.7 Å². The average molecular weight is 553 g/mol. The summed E-state index contributed by atoms with van der Waals surface area (Å²) in [5.41, 5.74) is 8.95. The standard InChI is InChI=1S/C29H42F2N2O4S/c1-4-8-26(9-5-2)38(35,36)13-12-29(34)37-28(20-33-19-22-11-7-10-21(6-3)14-22)27(32)17-23-15-24(30)18-25(31)16-23/h7,10-11,14-16,18,26-28,33H,4-6,8-9,12-13,17,19-20,32H2,1-3H3/t27-,28+/m0/s1. The molecule has 2 aromatic rings. The molecule has 2 atom stereocenters. The maximum absolute atomic E-state index is 13.7. The molecule has 0 saturated carbocycles. The van der Waals surface area contributed by atoms with E-state index in [4.69, 9.17) is 10.5 Å². The lowest BCUT2D eigenvalue weighted by Crippen LogP contribution is -2.46. The van der Waals surface area contributed by atoms with Gasteiger partial charge in [-0.2, -0.15) is 0 Å². The van der Waals surface area contributed by atoms with Gasteiger partial charge in [0.05, 0.1) is 17.4 Å². The van der Waals surface area contributed by atoms with Gasteiger partial charge >= 0.3 is 5.97 Å². The monoisotopic (exact) mass is 552 g/mol. The highest BCUT2D eigenvalue weighted by Gasteiger charge is 2.27. The van der Waals surface area contributed by atoms with E-state index in [1.165, 1.54) is 17.7 Å². The van der Waals surface area contributed by atoms with Crippen molar-refractivity contribution in [3.8, 4) is 0 Å². The molecule has 6 nitrogen and oxygen atoms in total. The van der Waals surface area contributed by atoms with Crippen molar-refractivity contribution < 1.29 is 26.7 Å². The lowest BCUT2D eigenvalue weighted by molar-refractivity contribution is -0.149. The van der Waals surface area contributed by atoms with Gasteiger partial charge in [0, 0.05) is 25.2 Å². The van der Waals surface area contributed by atoms with Crippen molar-refractivity contribution >= 4 is 15.8 Å². The number of rotatable bonds is 17. The molecule has 3 N–H and O–H groups in total. The Balaban J connectivity index is 2.08. The van der Waals surface area contributed by atoms with Crippen molar-refractivity contribution in [2.75, 3.05) is 12.3 Å². The first kappa shape index (κ1) is 31.9. The summed E-state index contributed by atoms with van der Waals surface area (Å²) in [6, 6.07) is 10.5. The van der Waals surface area contributed by atoms with Gasteiger partial charge in [-0.25, -0.2) is 17.2 Å². The maximum atomic E-state index is 13.7. The third-order valence-corrected chi connectivity index (χ3v) is 8.81. The van der Waals surface area contributed by atoms with E-state index in [1.54, 1.807) is 0 Å². The lowest BCUT2D eigenvalue weighted by Gasteiger charge is -2.25. The Morgan fingerprint density at radius 2 is 1.61 bits per heavy atom. The molecule has 9 heteroatoms. The maximum Gasteiger partial charge on any atom is 0.307 e. The molecule has 0 aromatic heterocycles. The minimum atomic E-state index is -3.45. The zero-order valence-electron chi connectivity index (χ0n) is 22.7. The van der Waals surface area contributed by atoms with Gasteiger partial charge in [-0.3, -0.25) is 4.79 Å². The van der Waals surface area contributed by atoms with Crippen LogP contribution in [-0.2, 0) is 38.8 Å². The van der Waals surface area contributed by atoms with Crippen LogP contribution in [0.15, 0.2) is 42.5 Å². The normalized spacial score (nSPS) is 13.4. The van der Waals surface area contributed by atoms with E-state index < -0.39 is 44.8 Å². The Hall–Kier alpha value is -2.36. The molecule has 0 heterocycles. The van der Waals surface area contributed by atoms with Crippen LogP contribution in [0.25, 0.3) is 0 Å². The Bertz CT molecular complexity index is 1100. The molecular formula is C29H42F2N2O4S. The molecule has 2 rings (SSSR count). The molecule has 38 heavy (non-hydrogen) atoms. The lowest BCUT2D eigenvalue weighted by atomic mass is 10.0. The fourth-order valence-corrected chi connectivity index (χ4v) is 6.47. The number of hydrogen-bond acceptors (Lipinski definition) is 6. The zero-order valence-corrected chi connectivity index (χ0v) is 23.5. The van der Waals surface area contributed by atoms with Crippen LogP contribution in [0.4, 0.5) is 8.78 Å². The third-order valence-electron chi connectivity index (χ3n) is 6.55. The van der Waals surface area contributed by atoms with Gasteiger partial charge in [0.15, 0.2) is 9.84 Å². The summed E-state index contributed by atoms with van der Waals surface area (Å²) in [5, 5.41) is 2.78. The summed E-state index contributed by atoms with van der Waals surface area (Å²) in [7, 11) is -3.45. The van der Waals surface area contributed by atoms with E-state index in [1.807, 2.05) is 32.0 Å². The number of esters is 1. The Morgan fingerprint density at radius 1 is 0.974 bits per heavy atom. The Labute approximate surface area is 226 Å². The second-order valence-electron chi connectivity index (χ2n) is 9.79. The van der Waals surface area contributed by atoms with E-state index in [0.717, 1.165) is 30.9 Å². The number of nitrogens with two attached hydrogens (primary N) is 1. The van der Waals surface area contributed by atoms with Crippen molar-refractivity contribution in [3.05, 3.63) is 70.8 Å². The number of aryl methyl sites for hydroxylation is 1. The van der Waals surface area contributed by atoms with Gasteiger partial charge < -0.3 is 15.8 Å². The molecule has 0 radical (unpaired) electrons.